The van der Waals surface area contributed by atoms with Crippen LogP contribution in [0.2, 0.25) is 0 Å². The average Bonchev–Trinajstić information content (AvgIpc) is 2.81. The van der Waals surface area contributed by atoms with E-state index in [4.69, 9.17) is 0 Å². The fourth-order valence-electron chi connectivity index (χ4n) is 1.83. The van der Waals surface area contributed by atoms with Crippen molar-refractivity contribution in [3.63, 3.8) is 0 Å². The summed E-state index contributed by atoms with van der Waals surface area (Å²) in [5, 5.41) is 7.73. The van der Waals surface area contributed by atoms with Crippen LogP contribution in [-0.2, 0) is 13.5 Å². The van der Waals surface area contributed by atoms with Crippen LogP contribution < -0.4 is 5.32 Å². The summed E-state index contributed by atoms with van der Waals surface area (Å²) in [6.45, 7) is 5.83. The number of benzene rings is 1. The van der Waals surface area contributed by atoms with Crippen LogP contribution in [0.1, 0.15) is 11.3 Å². The number of hydrogen-bond donors (Lipinski definition) is 1. The summed E-state index contributed by atoms with van der Waals surface area (Å²) in [6, 6.07) is 12.3. The predicted molar refractivity (Wildman–Crippen MR) is 75.3 cm³/mol. The molecule has 0 bridgehead atoms. The Kier molecular flexibility index (Phi) is 4.31. The maximum absolute atomic E-state index is 4.34. The maximum Gasteiger partial charge on any atom is 0.0637 e. The zero-order valence-corrected chi connectivity index (χ0v) is 10.8. The van der Waals surface area contributed by atoms with Gasteiger partial charge >= 0.3 is 0 Å². The molecular formula is C15H19N3. The van der Waals surface area contributed by atoms with E-state index >= 15 is 0 Å². The van der Waals surface area contributed by atoms with Gasteiger partial charge in [0.15, 0.2) is 0 Å². The Balaban J connectivity index is 1.71. The van der Waals surface area contributed by atoms with Gasteiger partial charge in [-0.3, -0.25) is 4.68 Å². The third-order valence-corrected chi connectivity index (χ3v) is 2.85. The van der Waals surface area contributed by atoms with Crippen LogP contribution in [0, 0.1) is 0 Å². The molecule has 1 heterocycles. The molecule has 2 aromatic rings. The summed E-state index contributed by atoms with van der Waals surface area (Å²) in [5.41, 5.74) is 3.44. The first-order valence-corrected chi connectivity index (χ1v) is 6.18. The highest BCUT2D eigenvalue weighted by molar-refractivity contribution is 5.64. The molecule has 2 rings (SSSR count). The molecular weight excluding hydrogens is 222 g/mol. The third-order valence-electron chi connectivity index (χ3n) is 2.85. The van der Waals surface area contributed by atoms with Crippen LogP contribution in [0.4, 0.5) is 0 Å². The zero-order chi connectivity index (χ0) is 12.8. The lowest BCUT2D eigenvalue weighted by Crippen LogP contribution is -2.19. The fourth-order valence-corrected chi connectivity index (χ4v) is 1.83. The largest absolute Gasteiger partial charge is 0.312 e. The second-order valence-electron chi connectivity index (χ2n) is 4.38. The lowest BCUT2D eigenvalue weighted by atomic mass is 10.1. The molecule has 1 N–H and O–H groups in total. The van der Waals surface area contributed by atoms with Crippen molar-refractivity contribution < 1.29 is 0 Å². The van der Waals surface area contributed by atoms with Gasteiger partial charge in [0.1, 0.15) is 0 Å². The molecule has 3 nitrogen and oxygen atoms in total. The second kappa shape index (κ2) is 6.17. The lowest BCUT2D eigenvalue weighted by Gasteiger charge is -2.07. The molecule has 0 aliphatic rings. The summed E-state index contributed by atoms with van der Waals surface area (Å²) >= 11 is 0. The van der Waals surface area contributed by atoms with Gasteiger partial charge in [-0.05, 0) is 17.2 Å². The highest BCUT2D eigenvalue weighted by Gasteiger charge is 1.99. The fraction of sp³-hybridized carbons (Fsp3) is 0.267. The van der Waals surface area contributed by atoms with Crippen molar-refractivity contribution in [3.05, 3.63) is 60.4 Å². The van der Waals surface area contributed by atoms with Crippen LogP contribution >= 0.6 is 0 Å². The number of aryl methyl sites for hydroxylation is 1. The quantitative estimate of drug-likeness (QED) is 0.786. The molecule has 3 heteroatoms. The minimum absolute atomic E-state index is 0.816. The molecule has 94 valence electrons. The highest BCUT2D eigenvalue weighted by Crippen LogP contribution is 2.09. The zero-order valence-electron chi connectivity index (χ0n) is 10.8. The Morgan fingerprint density at radius 3 is 2.72 bits per heavy atom. The molecule has 0 unspecified atom stereocenters. The predicted octanol–water partition coefficient (Wildman–Crippen LogP) is 2.27. The van der Waals surface area contributed by atoms with E-state index in [1.807, 2.05) is 42.2 Å². The van der Waals surface area contributed by atoms with Gasteiger partial charge in [0, 0.05) is 32.8 Å². The van der Waals surface area contributed by atoms with E-state index in [0.717, 1.165) is 30.8 Å². The van der Waals surface area contributed by atoms with Crippen LogP contribution in [0.5, 0.6) is 0 Å². The van der Waals surface area contributed by atoms with Crippen molar-refractivity contribution in [3.8, 4) is 0 Å². The molecule has 0 saturated carbocycles. The lowest BCUT2D eigenvalue weighted by molar-refractivity contribution is 0.703. The van der Waals surface area contributed by atoms with Gasteiger partial charge in [-0.1, -0.05) is 36.9 Å². The molecule has 0 amide bonds. The smallest absolute Gasteiger partial charge is 0.0637 e. The Labute approximate surface area is 108 Å². The van der Waals surface area contributed by atoms with Crippen molar-refractivity contribution >= 4 is 5.57 Å². The van der Waals surface area contributed by atoms with E-state index in [1.54, 1.807) is 0 Å². The molecule has 1 aromatic heterocycles. The molecule has 1 aromatic carbocycles. The summed E-state index contributed by atoms with van der Waals surface area (Å²) < 4.78 is 1.83. The highest BCUT2D eigenvalue weighted by atomic mass is 15.2. The monoisotopic (exact) mass is 241 g/mol. The van der Waals surface area contributed by atoms with Crippen LogP contribution in [0.25, 0.3) is 5.57 Å². The Morgan fingerprint density at radius 2 is 2.06 bits per heavy atom. The summed E-state index contributed by atoms with van der Waals surface area (Å²) in [6.07, 6.45) is 2.92. The SMILES string of the molecule is C=C(CNCCc1ccn(C)n1)c1ccccc1. The first-order chi connectivity index (χ1) is 8.75. The van der Waals surface area contributed by atoms with Crippen molar-refractivity contribution in [1.29, 1.82) is 0 Å². The molecule has 0 saturated heterocycles. The first-order valence-electron chi connectivity index (χ1n) is 6.18. The van der Waals surface area contributed by atoms with E-state index in [-0.39, 0.29) is 0 Å². The van der Waals surface area contributed by atoms with Crippen LogP contribution in [-0.4, -0.2) is 22.9 Å². The number of rotatable bonds is 6. The molecule has 18 heavy (non-hydrogen) atoms. The average molecular weight is 241 g/mol. The molecule has 0 atom stereocenters. The minimum atomic E-state index is 0.816. The van der Waals surface area contributed by atoms with Gasteiger partial charge in [0.05, 0.1) is 5.69 Å². The normalized spacial score (nSPS) is 10.5. The van der Waals surface area contributed by atoms with Crippen molar-refractivity contribution in [2.24, 2.45) is 7.05 Å². The van der Waals surface area contributed by atoms with Gasteiger partial charge in [0.25, 0.3) is 0 Å². The minimum Gasteiger partial charge on any atom is -0.312 e. The van der Waals surface area contributed by atoms with Gasteiger partial charge in [0.2, 0.25) is 0 Å². The molecule has 0 radical (unpaired) electrons. The Bertz CT molecular complexity index is 499. The Hall–Kier alpha value is -1.87. The summed E-state index contributed by atoms with van der Waals surface area (Å²) in [5.74, 6) is 0. The summed E-state index contributed by atoms with van der Waals surface area (Å²) in [7, 11) is 1.94. The Morgan fingerprint density at radius 1 is 1.28 bits per heavy atom. The number of nitrogens with one attached hydrogen (secondary N) is 1. The van der Waals surface area contributed by atoms with Gasteiger partial charge in [-0.25, -0.2) is 0 Å². The van der Waals surface area contributed by atoms with E-state index in [9.17, 15) is 0 Å². The van der Waals surface area contributed by atoms with E-state index in [0.29, 0.717) is 0 Å². The molecule has 0 fully saturated rings. The molecule has 0 spiro atoms. The number of aromatic nitrogens is 2. The van der Waals surface area contributed by atoms with E-state index < -0.39 is 0 Å². The number of nitrogens with zero attached hydrogens (tertiary/aromatic N) is 2. The topological polar surface area (TPSA) is 29.9 Å². The van der Waals surface area contributed by atoms with Crippen LogP contribution in [0.3, 0.4) is 0 Å². The summed E-state index contributed by atoms with van der Waals surface area (Å²) in [4.78, 5) is 0. The van der Waals surface area contributed by atoms with Gasteiger partial charge in [-0.15, -0.1) is 0 Å². The van der Waals surface area contributed by atoms with Gasteiger partial charge in [-0.2, -0.15) is 5.10 Å². The standard InChI is InChI=1S/C15H19N3/c1-13(14-6-4-3-5-7-14)12-16-10-8-15-9-11-18(2)17-15/h3-7,9,11,16H,1,8,10,12H2,2H3. The van der Waals surface area contributed by atoms with Crippen LogP contribution in [0.15, 0.2) is 49.2 Å². The second-order valence-corrected chi connectivity index (χ2v) is 4.38. The molecule has 0 aliphatic heterocycles. The van der Waals surface area contributed by atoms with E-state index in [2.05, 4.69) is 29.1 Å². The van der Waals surface area contributed by atoms with Gasteiger partial charge < -0.3 is 5.32 Å². The third kappa shape index (κ3) is 3.57. The number of hydrogen-bond acceptors (Lipinski definition) is 2. The van der Waals surface area contributed by atoms with E-state index in [1.165, 1.54) is 5.56 Å². The maximum atomic E-state index is 4.34. The molecule has 0 aliphatic carbocycles. The van der Waals surface area contributed by atoms with Crippen molar-refractivity contribution in [2.75, 3.05) is 13.1 Å². The van der Waals surface area contributed by atoms with Crippen molar-refractivity contribution in [1.82, 2.24) is 15.1 Å². The first kappa shape index (κ1) is 12.6. The van der Waals surface area contributed by atoms with Crippen molar-refractivity contribution in [2.45, 2.75) is 6.42 Å².